The molecule has 2 atom stereocenters. The topological polar surface area (TPSA) is 46.4 Å². The molecule has 0 radical (unpaired) electrons. The number of thiazole rings is 1. The van der Waals surface area contributed by atoms with Gasteiger partial charge in [-0.15, -0.1) is 11.3 Å². The van der Waals surface area contributed by atoms with Gasteiger partial charge < -0.3 is 9.88 Å². The normalized spacial score (nSPS) is 27.2. The Labute approximate surface area is 90.5 Å². The minimum atomic E-state index is -0.925. The van der Waals surface area contributed by atoms with E-state index in [-0.39, 0.29) is 18.9 Å². The van der Waals surface area contributed by atoms with Gasteiger partial charge >= 0.3 is 0 Å². The van der Waals surface area contributed by atoms with Gasteiger partial charge in [0.25, 0.3) is 5.91 Å². The number of amides is 1. The van der Waals surface area contributed by atoms with Gasteiger partial charge in [0.15, 0.2) is 4.80 Å². The van der Waals surface area contributed by atoms with Gasteiger partial charge in [-0.25, -0.2) is 4.39 Å². The van der Waals surface area contributed by atoms with Crippen LogP contribution in [-0.2, 0) is 11.8 Å². The van der Waals surface area contributed by atoms with Gasteiger partial charge in [-0.05, 0) is 0 Å². The van der Waals surface area contributed by atoms with Crippen LogP contribution in [0.25, 0.3) is 0 Å². The second-order valence-electron chi connectivity index (χ2n) is 3.54. The number of alkyl halides is 1. The van der Waals surface area contributed by atoms with Crippen molar-refractivity contribution in [3.63, 3.8) is 0 Å². The lowest BCUT2D eigenvalue weighted by Crippen LogP contribution is -2.31. The maximum atomic E-state index is 12.8. The number of carbonyl (C=O) groups is 1. The Hall–Kier alpha value is -1.01. The quantitative estimate of drug-likeness (QED) is 0.748. The molecule has 1 aliphatic rings. The van der Waals surface area contributed by atoms with Crippen molar-refractivity contribution in [3.8, 4) is 0 Å². The zero-order chi connectivity index (χ0) is 10.8. The van der Waals surface area contributed by atoms with E-state index >= 15 is 0 Å². The molecule has 1 saturated heterocycles. The van der Waals surface area contributed by atoms with Crippen LogP contribution >= 0.6 is 11.3 Å². The predicted octanol–water partition coefficient (Wildman–Crippen LogP) is 0.214. The van der Waals surface area contributed by atoms with Crippen LogP contribution in [0.15, 0.2) is 16.6 Å². The van der Waals surface area contributed by atoms with Crippen molar-refractivity contribution in [1.29, 1.82) is 0 Å². The zero-order valence-electron chi connectivity index (χ0n) is 8.31. The molecule has 1 aliphatic heterocycles. The Bertz CT molecular complexity index is 425. The molecule has 0 aromatic carbocycles. The summed E-state index contributed by atoms with van der Waals surface area (Å²) in [6.45, 7) is 0.252. The molecular formula is C9H12FN3OS. The molecule has 1 aromatic heterocycles. The van der Waals surface area contributed by atoms with Crippen LogP contribution in [0.4, 0.5) is 4.39 Å². The smallest absolute Gasteiger partial charge is 0.265 e. The number of aromatic nitrogens is 1. The number of nitrogens with zero attached hydrogens (tertiary/aromatic N) is 2. The standard InChI is InChI=1S/C9H12FN3OS/c1-13-2-3-15-9(13)12-8(14)7-4-6(10)5-11-7/h2-3,6-7,11H,4-5H2,1H3/t6-,7+/m0/s1. The van der Waals surface area contributed by atoms with Gasteiger partial charge in [0.2, 0.25) is 0 Å². The molecule has 15 heavy (non-hydrogen) atoms. The Morgan fingerprint density at radius 3 is 3.13 bits per heavy atom. The largest absolute Gasteiger partial charge is 0.327 e. The van der Waals surface area contributed by atoms with Crippen LogP contribution in [0, 0.1) is 0 Å². The van der Waals surface area contributed by atoms with Gasteiger partial charge in [-0.1, -0.05) is 0 Å². The first-order chi connectivity index (χ1) is 7.16. The second kappa shape index (κ2) is 4.24. The van der Waals surface area contributed by atoms with Crippen molar-refractivity contribution in [2.24, 2.45) is 12.0 Å². The summed E-state index contributed by atoms with van der Waals surface area (Å²) in [5, 5.41) is 4.67. The highest BCUT2D eigenvalue weighted by Gasteiger charge is 2.28. The summed E-state index contributed by atoms with van der Waals surface area (Å²) in [5.41, 5.74) is 0. The van der Waals surface area contributed by atoms with E-state index in [9.17, 15) is 9.18 Å². The van der Waals surface area contributed by atoms with E-state index in [4.69, 9.17) is 0 Å². The fourth-order valence-corrected chi connectivity index (χ4v) is 2.22. The molecule has 0 bridgehead atoms. The van der Waals surface area contributed by atoms with Crippen LogP contribution < -0.4 is 10.1 Å². The average molecular weight is 229 g/mol. The molecule has 0 saturated carbocycles. The molecule has 0 aliphatic carbocycles. The molecule has 6 heteroatoms. The lowest BCUT2D eigenvalue weighted by Gasteiger charge is -2.02. The fraction of sp³-hybridized carbons (Fsp3) is 0.556. The van der Waals surface area contributed by atoms with Crippen LogP contribution in [0.1, 0.15) is 6.42 Å². The molecular weight excluding hydrogens is 217 g/mol. The number of halogens is 1. The van der Waals surface area contributed by atoms with Gasteiger partial charge in [0.05, 0.1) is 6.04 Å². The summed E-state index contributed by atoms with van der Waals surface area (Å²) in [6, 6.07) is -0.456. The third-order valence-corrected chi connectivity index (χ3v) is 3.19. The molecule has 4 nitrogen and oxygen atoms in total. The summed E-state index contributed by atoms with van der Waals surface area (Å²) in [7, 11) is 1.82. The molecule has 1 N–H and O–H groups in total. The SMILES string of the molecule is Cn1ccsc1=NC(=O)[C@H]1C[C@H](F)CN1. The van der Waals surface area contributed by atoms with E-state index < -0.39 is 12.2 Å². The number of hydrogen-bond acceptors (Lipinski definition) is 3. The molecule has 1 aromatic rings. The number of carbonyl (C=O) groups excluding carboxylic acids is 1. The van der Waals surface area contributed by atoms with Crippen molar-refractivity contribution in [2.45, 2.75) is 18.6 Å². The summed E-state index contributed by atoms with van der Waals surface area (Å²) >= 11 is 1.39. The van der Waals surface area contributed by atoms with Crippen molar-refractivity contribution >= 4 is 17.2 Å². The maximum absolute atomic E-state index is 12.8. The van der Waals surface area contributed by atoms with E-state index in [2.05, 4.69) is 10.3 Å². The molecule has 0 spiro atoms. The highest BCUT2D eigenvalue weighted by Crippen LogP contribution is 2.10. The number of nitrogens with one attached hydrogen (secondary N) is 1. The van der Waals surface area contributed by atoms with Crippen molar-refractivity contribution in [2.75, 3.05) is 6.54 Å². The van der Waals surface area contributed by atoms with Gasteiger partial charge in [0, 0.05) is 31.6 Å². The monoisotopic (exact) mass is 229 g/mol. The summed E-state index contributed by atoms with van der Waals surface area (Å²) in [5.74, 6) is -0.284. The summed E-state index contributed by atoms with van der Waals surface area (Å²) < 4.78 is 14.6. The van der Waals surface area contributed by atoms with E-state index in [0.29, 0.717) is 4.80 Å². The molecule has 0 unspecified atom stereocenters. The maximum Gasteiger partial charge on any atom is 0.265 e. The Kier molecular flexibility index (Phi) is 2.97. The number of rotatable bonds is 1. The first-order valence-electron chi connectivity index (χ1n) is 4.73. The lowest BCUT2D eigenvalue weighted by molar-refractivity contribution is -0.119. The van der Waals surface area contributed by atoms with Crippen LogP contribution in [0.5, 0.6) is 0 Å². The summed E-state index contributed by atoms with van der Waals surface area (Å²) in [4.78, 5) is 16.2. The third-order valence-electron chi connectivity index (χ3n) is 2.34. The van der Waals surface area contributed by atoms with Crippen LogP contribution in [0.3, 0.4) is 0 Å². The van der Waals surface area contributed by atoms with E-state index in [0.717, 1.165) is 0 Å². The predicted molar refractivity (Wildman–Crippen MR) is 55.2 cm³/mol. The first-order valence-corrected chi connectivity index (χ1v) is 5.61. The van der Waals surface area contributed by atoms with E-state index in [1.165, 1.54) is 11.3 Å². The van der Waals surface area contributed by atoms with Crippen molar-refractivity contribution in [3.05, 3.63) is 16.4 Å². The van der Waals surface area contributed by atoms with Gasteiger partial charge in [-0.2, -0.15) is 4.99 Å². The van der Waals surface area contributed by atoms with Gasteiger partial charge in [-0.3, -0.25) is 4.79 Å². The van der Waals surface area contributed by atoms with Crippen molar-refractivity contribution in [1.82, 2.24) is 9.88 Å². The van der Waals surface area contributed by atoms with Crippen LogP contribution in [-0.4, -0.2) is 29.2 Å². The third kappa shape index (κ3) is 2.32. The Balaban J connectivity index is 2.13. The second-order valence-corrected chi connectivity index (χ2v) is 4.41. The van der Waals surface area contributed by atoms with E-state index in [1.54, 1.807) is 4.57 Å². The number of aryl methyl sites for hydroxylation is 1. The molecule has 2 heterocycles. The highest BCUT2D eigenvalue weighted by atomic mass is 32.1. The van der Waals surface area contributed by atoms with Gasteiger partial charge in [0.1, 0.15) is 6.17 Å². The molecule has 82 valence electrons. The first kappa shape index (κ1) is 10.5. The molecule has 1 fully saturated rings. The Morgan fingerprint density at radius 2 is 2.60 bits per heavy atom. The van der Waals surface area contributed by atoms with E-state index in [1.807, 2.05) is 18.6 Å². The number of hydrogen-bond donors (Lipinski definition) is 1. The minimum absolute atomic E-state index is 0.234. The van der Waals surface area contributed by atoms with Crippen molar-refractivity contribution < 1.29 is 9.18 Å². The van der Waals surface area contributed by atoms with Crippen LogP contribution in [0.2, 0.25) is 0 Å². The Morgan fingerprint density at radius 1 is 1.80 bits per heavy atom. The highest BCUT2D eigenvalue weighted by molar-refractivity contribution is 7.07. The zero-order valence-corrected chi connectivity index (χ0v) is 9.13. The molecule has 1 amide bonds. The fourth-order valence-electron chi connectivity index (χ4n) is 1.49. The lowest BCUT2D eigenvalue weighted by atomic mass is 10.2. The minimum Gasteiger partial charge on any atom is -0.327 e. The average Bonchev–Trinajstić information content (AvgIpc) is 2.77. The molecule has 2 rings (SSSR count). The summed E-state index contributed by atoms with van der Waals surface area (Å²) in [6.07, 6.45) is 1.14.